The molecule has 1 fully saturated rings. The molecule has 90 valence electrons. The highest BCUT2D eigenvalue weighted by Crippen LogP contribution is 2.38. The molecule has 1 saturated carbocycles. The molecule has 1 aromatic carbocycles. The number of rotatable bonds is 2. The van der Waals surface area contributed by atoms with Crippen LogP contribution in [0.15, 0.2) is 24.3 Å². The molecule has 0 amide bonds. The maximum atomic E-state index is 13.7. The molecule has 1 aromatic rings. The minimum atomic E-state index is -1.87. The number of carbonyl (C=O) groups excluding carboxylic acids is 1. The number of nitrogens with zero attached hydrogens (tertiary/aromatic N) is 1. The van der Waals surface area contributed by atoms with Gasteiger partial charge in [0.25, 0.3) is 0 Å². The fraction of sp³-hybridized carbons (Fsp3) is 0.417. The standard InChI is InChI=1S/C12H12FNO3/c13-10-6-2-1-5-9(10)12(14(16)17)8-4-3-7-11(12)15/h1-2,5-6H,3-4,7-8H2. The first kappa shape index (κ1) is 11.7. The molecule has 0 aliphatic heterocycles. The lowest BCUT2D eigenvalue weighted by atomic mass is 9.76. The van der Waals surface area contributed by atoms with E-state index < -0.39 is 22.1 Å². The molecule has 0 heterocycles. The lowest BCUT2D eigenvalue weighted by Gasteiger charge is -2.28. The molecule has 5 heteroatoms. The van der Waals surface area contributed by atoms with Crippen molar-refractivity contribution in [3.05, 3.63) is 45.8 Å². The largest absolute Gasteiger partial charge is 0.306 e. The van der Waals surface area contributed by atoms with E-state index in [1.165, 1.54) is 18.2 Å². The summed E-state index contributed by atoms with van der Waals surface area (Å²) in [5.74, 6) is -1.17. The molecule has 0 radical (unpaired) electrons. The van der Waals surface area contributed by atoms with Crippen molar-refractivity contribution in [2.45, 2.75) is 31.2 Å². The number of carbonyl (C=O) groups is 1. The van der Waals surface area contributed by atoms with E-state index in [-0.39, 0.29) is 18.4 Å². The van der Waals surface area contributed by atoms with Gasteiger partial charge in [0.1, 0.15) is 5.82 Å². The predicted octanol–water partition coefficient (Wildman–Crippen LogP) is 2.44. The second-order valence-corrected chi connectivity index (χ2v) is 4.23. The minimum Gasteiger partial charge on any atom is -0.291 e. The fourth-order valence-corrected chi connectivity index (χ4v) is 2.39. The summed E-state index contributed by atoms with van der Waals surface area (Å²) in [6.07, 6.45) is 1.44. The van der Waals surface area contributed by atoms with Crippen LogP contribution in [0, 0.1) is 15.9 Å². The lowest BCUT2D eigenvalue weighted by Crippen LogP contribution is -2.46. The van der Waals surface area contributed by atoms with E-state index in [1.807, 2.05) is 0 Å². The van der Waals surface area contributed by atoms with Gasteiger partial charge in [0.15, 0.2) is 0 Å². The molecule has 1 aliphatic rings. The topological polar surface area (TPSA) is 60.2 Å². The van der Waals surface area contributed by atoms with E-state index in [2.05, 4.69) is 0 Å². The fourth-order valence-electron chi connectivity index (χ4n) is 2.39. The van der Waals surface area contributed by atoms with Crippen LogP contribution >= 0.6 is 0 Å². The Morgan fingerprint density at radius 2 is 2.00 bits per heavy atom. The Morgan fingerprint density at radius 1 is 1.29 bits per heavy atom. The van der Waals surface area contributed by atoms with Crippen LogP contribution in [0.25, 0.3) is 0 Å². The zero-order valence-electron chi connectivity index (χ0n) is 9.19. The molecule has 0 bridgehead atoms. The monoisotopic (exact) mass is 237 g/mol. The number of benzene rings is 1. The first-order chi connectivity index (χ1) is 8.09. The van der Waals surface area contributed by atoms with Crippen molar-refractivity contribution in [1.82, 2.24) is 0 Å². The van der Waals surface area contributed by atoms with Crippen molar-refractivity contribution in [2.24, 2.45) is 0 Å². The number of Topliss-reactive ketones (excluding diaryl/α,β-unsaturated/α-hetero) is 1. The summed E-state index contributed by atoms with van der Waals surface area (Å²) in [5, 5.41) is 11.3. The van der Waals surface area contributed by atoms with Gasteiger partial charge in [-0.2, -0.15) is 0 Å². The lowest BCUT2D eigenvalue weighted by molar-refractivity contribution is -0.563. The van der Waals surface area contributed by atoms with Crippen LogP contribution < -0.4 is 0 Å². The molecule has 0 aromatic heterocycles. The predicted molar refractivity (Wildman–Crippen MR) is 58.5 cm³/mol. The zero-order chi connectivity index (χ0) is 12.5. The van der Waals surface area contributed by atoms with Gasteiger partial charge in [-0.3, -0.25) is 14.9 Å². The molecule has 1 unspecified atom stereocenters. The van der Waals surface area contributed by atoms with E-state index in [9.17, 15) is 19.3 Å². The molecule has 2 rings (SSSR count). The Kier molecular flexibility index (Phi) is 2.92. The van der Waals surface area contributed by atoms with Crippen LogP contribution in [-0.2, 0) is 10.3 Å². The second-order valence-electron chi connectivity index (χ2n) is 4.23. The summed E-state index contributed by atoms with van der Waals surface area (Å²) in [5.41, 5.74) is -1.97. The van der Waals surface area contributed by atoms with Crippen LogP contribution in [0.4, 0.5) is 4.39 Å². The maximum Gasteiger partial charge on any atom is 0.306 e. The van der Waals surface area contributed by atoms with Gasteiger partial charge in [0.2, 0.25) is 5.78 Å². The van der Waals surface area contributed by atoms with E-state index in [0.29, 0.717) is 12.8 Å². The molecule has 1 aliphatic carbocycles. The summed E-state index contributed by atoms with van der Waals surface area (Å²) >= 11 is 0. The molecule has 1 atom stereocenters. The third kappa shape index (κ3) is 1.71. The van der Waals surface area contributed by atoms with Gasteiger partial charge in [0, 0.05) is 17.8 Å². The van der Waals surface area contributed by atoms with Gasteiger partial charge in [-0.15, -0.1) is 0 Å². The van der Waals surface area contributed by atoms with E-state index >= 15 is 0 Å². The van der Waals surface area contributed by atoms with Crippen molar-refractivity contribution in [3.8, 4) is 0 Å². The van der Waals surface area contributed by atoms with Gasteiger partial charge in [-0.1, -0.05) is 12.1 Å². The van der Waals surface area contributed by atoms with Crippen molar-refractivity contribution >= 4 is 5.78 Å². The number of nitro groups is 1. The van der Waals surface area contributed by atoms with Crippen molar-refractivity contribution < 1.29 is 14.1 Å². The molecular formula is C12H12FNO3. The highest BCUT2D eigenvalue weighted by Gasteiger charge is 2.54. The Labute approximate surface area is 97.6 Å². The maximum absolute atomic E-state index is 13.7. The molecular weight excluding hydrogens is 225 g/mol. The summed E-state index contributed by atoms with van der Waals surface area (Å²) in [6.45, 7) is 0. The Bertz CT molecular complexity index is 475. The molecule has 17 heavy (non-hydrogen) atoms. The average Bonchev–Trinajstić information content (AvgIpc) is 2.30. The van der Waals surface area contributed by atoms with Gasteiger partial charge in [0.05, 0.1) is 5.56 Å². The average molecular weight is 237 g/mol. The minimum absolute atomic E-state index is 0.0831. The van der Waals surface area contributed by atoms with Crippen molar-refractivity contribution in [1.29, 1.82) is 0 Å². The van der Waals surface area contributed by atoms with Gasteiger partial charge >= 0.3 is 5.54 Å². The SMILES string of the molecule is O=C1CCCCC1(c1ccccc1F)[N+](=O)[O-]. The number of hydrogen-bond donors (Lipinski definition) is 0. The molecule has 4 nitrogen and oxygen atoms in total. The molecule has 0 spiro atoms. The number of ketones is 1. The number of halogens is 1. The van der Waals surface area contributed by atoms with Crippen LogP contribution in [0.3, 0.4) is 0 Å². The Balaban J connectivity index is 2.59. The summed E-state index contributed by atoms with van der Waals surface area (Å²) < 4.78 is 13.7. The Hall–Kier alpha value is -1.78. The number of hydrogen-bond acceptors (Lipinski definition) is 3. The molecule has 0 saturated heterocycles. The van der Waals surface area contributed by atoms with E-state index in [1.54, 1.807) is 0 Å². The van der Waals surface area contributed by atoms with Gasteiger partial charge in [-0.25, -0.2) is 4.39 Å². The van der Waals surface area contributed by atoms with Crippen molar-refractivity contribution in [2.75, 3.05) is 0 Å². The van der Waals surface area contributed by atoms with E-state index in [0.717, 1.165) is 6.07 Å². The Morgan fingerprint density at radius 3 is 2.59 bits per heavy atom. The quantitative estimate of drug-likeness (QED) is 0.586. The summed E-state index contributed by atoms with van der Waals surface area (Å²) in [7, 11) is 0. The first-order valence-electron chi connectivity index (χ1n) is 5.52. The van der Waals surface area contributed by atoms with Crippen LogP contribution in [-0.4, -0.2) is 10.7 Å². The van der Waals surface area contributed by atoms with Crippen molar-refractivity contribution in [3.63, 3.8) is 0 Å². The highest BCUT2D eigenvalue weighted by atomic mass is 19.1. The van der Waals surface area contributed by atoms with Crippen LogP contribution in [0.1, 0.15) is 31.2 Å². The van der Waals surface area contributed by atoms with Gasteiger partial charge < -0.3 is 0 Å². The van der Waals surface area contributed by atoms with Gasteiger partial charge in [-0.05, 0) is 25.0 Å². The third-order valence-electron chi connectivity index (χ3n) is 3.28. The molecule has 0 N–H and O–H groups in total. The van der Waals surface area contributed by atoms with Crippen LogP contribution in [0.2, 0.25) is 0 Å². The van der Waals surface area contributed by atoms with Crippen LogP contribution in [0.5, 0.6) is 0 Å². The normalized spacial score (nSPS) is 24.6. The smallest absolute Gasteiger partial charge is 0.291 e. The second kappa shape index (κ2) is 4.24. The third-order valence-corrected chi connectivity index (χ3v) is 3.28. The van der Waals surface area contributed by atoms with E-state index in [4.69, 9.17) is 0 Å². The summed E-state index contributed by atoms with van der Waals surface area (Å²) in [6, 6.07) is 5.47. The summed E-state index contributed by atoms with van der Waals surface area (Å²) in [4.78, 5) is 22.5. The highest BCUT2D eigenvalue weighted by molar-refractivity contribution is 5.89. The zero-order valence-corrected chi connectivity index (χ0v) is 9.19. The first-order valence-corrected chi connectivity index (χ1v) is 5.52.